The predicted octanol–water partition coefficient (Wildman–Crippen LogP) is 2.41. The molecule has 2 atom stereocenters. The molecule has 2 heteroatoms. The molecule has 0 aromatic rings. The summed E-state index contributed by atoms with van der Waals surface area (Å²) in [4.78, 5) is 11.0. The third-order valence-electron chi connectivity index (χ3n) is 2.92. The van der Waals surface area contributed by atoms with E-state index in [1.807, 2.05) is 0 Å². The zero-order valence-electron chi connectivity index (χ0n) is 7.05. The standard InChI is InChI=1S/C10H13FO/c11-9-5-7-3-1-2-4-8(7)6-10(9)12/h6-7,9H,1-5H2. The molecule has 0 aromatic heterocycles. The number of halogens is 1. The third-order valence-corrected chi connectivity index (χ3v) is 2.92. The molecular weight excluding hydrogens is 155 g/mol. The Labute approximate surface area is 71.6 Å². The molecule has 0 spiro atoms. The molecule has 0 bridgehead atoms. The average molecular weight is 168 g/mol. The van der Waals surface area contributed by atoms with Crippen LogP contribution in [-0.2, 0) is 4.79 Å². The van der Waals surface area contributed by atoms with E-state index in [9.17, 15) is 9.18 Å². The first-order chi connectivity index (χ1) is 5.77. The van der Waals surface area contributed by atoms with Crippen molar-refractivity contribution in [1.82, 2.24) is 0 Å². The molecule has 0 amide bonds. The Morgan fingerprint density at radius 1 is 1.42 bits per heavy atom. The van der Waals surface area contributed by atoms with Crippen LogP contribution in [0, 0.1) is 5.92 Å². The molecule has 66 valence electrons. The first-order valence-electron chi connectivity index (χ1n) is 4.66. The highest BCUT2D eigenvalue weighted by molar-refractivity contribution is 5.95. The summed E-state index contributed by atoms with van der Waals surface area (Å²) in [5.74, 6) is 0.0783. The quantitative estimate of drug-likeness (QED) is 0.543. The van der Waals surface area contributed by atoms with E-state index in [1.54, 1.807) is 6.08 Å². The minimum absolute atomic E-state index is 0.303. The lowest BCUT2D eigenvalue weighted by molar-refractivity contribution is -0.120. The van der Waals surface area contributed by atoms with Crippen LogP contribution in [0.25, 0.3) is 0 Å². The van der Waals surface area contributed by atoms with Gasteiger partial charge in [-0.2, -0.15) is 0 Å². The van der Waals surface area contributed by atoms with Crippen molar-refractivity contribution in [2.75, 3.05) is 0 Å². The molecule has 1 nitrogen and oxygen atoms in total. The first kappa shape index (κ1) is 7.96. The second kappa shape index (κ2) is 3.00. The van der Waals surface area contributed by atoms with E-state index in [1.165, 1.54) is 18.4 Å². The molecule has 2 rings (SSSR count). The van der Waals surface area contributed by atoms with E-state index < -0.39 is 6.17 Å². The number of fused-ring (bicyclic) bond motifs is 1. The van der Waals surface area contributed by atoms with Crippen molar-refractivity contribution in [3.05, 3.63) is 11.6 Å². The smallest absolute Gasteiger partial charge is 0.189 e. The van der Waals surface area contributed by atoms with Gasteiger partial charge >= 0.3 is 0 Å². The van der Waals surface area contributed by atoms with Crippen molar-refractivity contribution < 1.29 is 9.18 Å². The Kier molecular flexibility index (Phi) is 1.99. The maximum absolute atomic E-state index is 13.0. The largest absolute Gasteiger partial charge is 0.292 e. The fourth-order valence-electron chi connectivity index (χ4n) is 2.21. The minimum atomic E-state index is -1.21. The number of allylic oxidation sites excluding steroid dienone is 2. The van der Waals surface area contributed by atoms with E-state index in [4.69, 9.17) is 0 Å². The Bertz CT molecular complexity index is 232. The molecular formula is C10H13FO. The number of carbonyl (C=O) groups excluding carboxylic acids is 1. The van der Waals surface area contributed by atoms with Crippen LogP contribution in [-0.4, -0.2) is 12.0 Å². The molecule has 2 aliphatic carbocycles. The van der Waals surface area contributed by atoms with E-state index in [0.29, 0.717) is 12.3 Å². The van der Waals surface area contributed by atoms with E-state index in [0.717, 1.165) is 12.8 Å². The number of hydrogen-bond acceptors (Lipinski definition) is 1. The molecule has 2 unspecified atom stereocenters. The summed E-state index contributed by atoms with van der Waals surface area (Å²) in [6.07, 6.45) is 5.26. The summed E-state index contributed by atoms with van der Waals surface area (Å²) in [5, 5.41) is 0. The number of hydrogen-bond donors (Lipinski definition) is 0. The Balaban J connectivity index is 2.19. The topological polar surface area (TPSA) is 17.1 Å². The van der Waals surface area contributed by atoms with Gasteiger partial charge in [-0.15, -0.1) is 0 Å². The molecule has 1 saturated carbocycles. The molecule has 2 aliphatic rings. The van der Waals surface area contributed by atoms with Gasteiger partial charge in [-0.1, -0.05) is 12.0 Å². The van der Waals surface area contributed by atoms with Crippen LogP contribution in [0.4, 0.5) is 4.39 Å². The molecule has 0 radical (unpaired) electrons. The number of rotatable bonds is 0. The van der Waals surface area contributed by atoms with Crippen LogP contribution >= 0.6 is 0 Å². The van der Waals surface area contributed by atoms with Gasteiger partial charge in [0.15, 0.2) is 12.0 Å². The predicted molar refractivity (Wildman–Crippen MR) is 44.6 cm³/mol. The lowest BCUT2D eigenvalue weighted by Gasteiger charge is -2.29. The maximum Gasteiger partial charge on any atom is 0.189 e. The van der Waals surface area contributed by atoms with Gasteiger partial charge in [0.1, 0.15) is 0 Å². The Hall–Kier alpha value is -0.660. The summed E-state index contributed by atoms with van der Waals surface area (Å²) < 4.78 is 13.0. The fraction of sp³-hybridized carbons (Fsp3) is 0.700. The van der Waals surface area contributed by atoms with E-state index >= 15 is 0 Å². The summed E-state index contributed by atoms with van der Waals surface area (Å²) in [6, 6.07) is 0. The number of carbonyl (C=O) groups is 1. The normalized spacial score (nSPS) is 35.8. The second-order valence-corrected chi connectivity index (χ2v) is 3.77. The van der Waals surface area contributed by atoms with Crippen LogP contribution in [0.5, 0.6) is 0 Å². The molecule has 0 aliphatic heterocycles. The van der Waals surface area contributed by atoms with Crippen LogP contribution in [0.2, 0.25) is 0 Å². The van der Waals surface area contributed by atoms with Gasteiger partial charge in [-0.05, 0) is 37.7 Å². The Morgan fingerprint density at radius 2 is 2.25 bits per heavy atom. The van der Waals surface area contributed by atoms with Crippen molar-refractivity contribution in [2.45, 2.75) is 38.3 Å². The highest BCUT2D eigenvalue weighted by Gasteiger charge is 2.30. The van der Waals surface area contributed by atoms with E-state index in [2.05, 4.69) is 0 Å². The van der Waals surface area contributed by atoms with Crippen molar-refractivity contribution in [2.24, 2.45) is 5.92 Å². The summed E-state index contributed by atoms with van der Waals surface area (Å²) >= 11 is 0. The van der Waals surface area contributed by atoms with Crippen molar-refractivity contribution in [3.8, 4) is 0 Å². The molecule has 0 aromatic carbocycles. The Morgan fingerprint density at radius 3 is 3.08 bits per heavy atom. The lowest BCUT2D eigenvalue weighted by atomic mass is 9.77. The van der Waals surface area contributed by atoms with Crippen molar-refractivity contribution in [3.63, 3.8) is 0 Å². The van der Waals surface area contributed by atoms with Gasteiger partial charge in [0.25, 0.3) is 0 Å². The zero-order valence-corrected chi connectivity index (χ0v) is 7.05. The lowest BCUT2D eigenvalue weighted by Crippen LogP contribution is -2.26. The summed E-state index contributed by atoms with van der Waals surface area (Å²) in [7, 11) is 0. The minimum Gasteiger partial charge on any atom is -0.292 e. The summed E-state index contributed by atoms with van der Waals surface area (Å²) in [6.45, 7) is 0. The second-order valence-electron chi connectivity index (χ2n) is 3.77. The first-order valence-corrected chi connectivity index (χ1v) is 4.66. The van der Waals surface area contributed by atoms with Crippen LogP contribution < -0.4 is 0 Å². The maximum atomic E-state index is 13.0. The average Bonchev–Trinajstić information content (AvgIpc) is 2.07. The molecule has 0 heterocycles. The van der Waals surface area contributed by atoms with Crippen molar-refractivity contribution in [1.29, 1.82) is 0 Å². The van der Waals surface area contributed by atoms with Crippen LogP contribution in [0.3, 0.4) is 0 Å². The van der Waals surface area contributed by atoms with Gasteiger partial charge in [-0.3, -0.25) is 4.79 Å². The monoisotopic (exact) mass is 168 g/mol. The number of ketones is 1. The fourth-order valence-corrected chi connectivity index (χ4v) is 2.21. The van der Waals surface area contributed by atoms with Gasteiger partial charge < -0.3 is 0 Å². The number of alkyl halides is 1. The highest BCUT2D eigenvalue weighted by atomic mass is 19.1. The zero-order chi connectivity index (χ0) is 8.55. The molecule has 0 saturated heterocycles. The van der Waals surface area contributed by atoms with Gasteiger partial charge in [0.05, 0.1) is 0 Å². The van der Waals surface area contributed by atoms with Gasteiger partial charge in [0.2, 0.25) is 0 Å². The van der Waals surface area contributed by atoms with Gasteiger partial charge in [-0.25, -0.2) is 4.39 Å². The summed E-state index contributed by atoms with van der Waals surface area (Å²) in [5.41, 5.74) is 1.21. The SMILES string of the molecule is O=C1C=C2CCCCC2CC1F. The molecule has 1 fully saturated rings. The molecule has 12 heavy (non-hydrogen) atoms. The van der Waals surface area contributed by atoms with Gasteiger partial charge in [0, 0.05) is 0 Å². The van der Waals surface area contributed by atoms with E-state index in [-0.39, 0.29) is 5.78 Å². The third kappa shape index (κ3) is 1.30. The molecule has 0 N–H and O–H groups in total. The van der Waals surface area contributed by atoms with Crippen molar-refractivity contribution >= 4 is 5.78 Å². The van der Waals surface area contributed by atoms with Crippen LogP contribution in [0.15, 0.2) is 11.6 Å². The van der Waals surface area contributed by atoms with Crippen LogP contribution in [0.1, 0.15) is 32.1 Å². The highest BCUT2D eigenvalue weighted by Crippen LogP contribution is 2.36.